The van der Waals surface area contributed by atoms with Gasteiger partial charge in [0, 0.05) is 12.1 Å². The van der Waals surface area contributed by atoms with E-state index in [1.807, 2.05) is 43.4 Å². The maximum absolute atomic E-state index is 9.48. The predicted molar refractivity (Wildman–Crippen MR) is 83.1 cm³/mol. The molecule has 20 heavy (non-hydrogen) atoms. The van der Waals surface area contributed by atoms with Crippen LogP contribution in [0.25, 0.3) is 0 Å². The Morgan fingerprint density at radius 1 is 1.15 bits per heavy atom. The fourth-order valence-electron chi connectivity index (χ4n) is 2.10. The normalized spacial score (nSPS) is 13.8. The Morgan fingerprint density at radius 2 is 1.85 bits per heavy atom. The first kappa shape index (κ1) is 14.8. The molecule has 2 aromatic rings. The average molecular weight is 291 g/mol. The first-order chi connectivity index (χ1) is 9.50. The van der Waals surface area contributed by atoms with E-state index in [1.165, 1.54) is 0 Å². The molecule has 1 heterocycles. The van der Waals surface area contributed by atoms with Gasteiger partial charge in [0.05, 0.1) is 29.7 Å². The Hall–Kier alpha value is -1.58. The van der Waals surface area contributed by atoms with E-state index in [0.29, 0.717) is 5.69 Å². The minimum atomic E-state index is -0.546. The van der Waals surface area contributed by atoms with Crippen molar-refractivity contribution < 1.29 is 5.11 Å². The summed E-state index contributed by atoms with van der Waals surface area (Å²) < 4.78 is 0. The van der Waals surface area contributed by atoms with Crippen LogP contribution in [0.1, 0.15) is 37.3 Å². The molecule has 0 aliphatic heterocycles. The molecule has 0 aliphatic rings. The standard InChI is InChI=1S/C16H19ClN2O/c1-11(14-6-4-5-7-15(14)17)19(3)13-8-9-16(12(2)20)18-10-13/h4-12,20H,1-3H3/t11?,12-/m0/s1. The Morgan fingerprint density at radius 3 is 2.40 bits per heavy atom. The number of rotatable bonds is 4. The van der Waals surface area contributed by atoms with E-state index in [1.54, 1.807) is 13.1 Å². The van der Waals surface area contributed by atoms with Gasteiger partial charge in [0.1, 0.15) is 0 Å². The summed E-state index contributed by atoms with van der Waals surface area (Å²) in [6, 6.07) is 11.8. The average Bonchev–Trinajstić information content (AvgIpc) is 2.46. The van der Waals surface area contributed by atoms with Crippen molar-refractivity contribution in [2.45, 2.75) is 26.0 Å². The number of nitrogens with zero attached hydrogens (tertiary/aromatic N) is 2. The van der Waals surface area contributed by atoms with Crippen molar-refractivity contribution in [1.82, 2.24) is 4.98 Å². The lowest BCUT2D eigenvalue weighted by atomic mass is 10.1. The summed E-state index contributed by atoms with van der Waals surface area (Å²) in [7, 11) is 2.01. The number of pyridine rings is 1. The van der Waals surface area contributed by atoms with Gasteiger partial charge in [0.15, 0.2) is 0 Å². The third-order valence-electron chi connectivity index (χ3n) is 3.54. The highest BCUT2D eigenvalue weighted by molar-refractivity contribution is 6.31. The van der Waals surface area contributed by atoms with Gasteiger partial charge in [0.25, 0.3) is 0 Å². The summed E-state index contributed by atoms with van der Waals surface area (Å²) in [5.41, 5.74) is 2.74. The van der Waals surface area contributed by atoms with Crippen LogP contribution in [-0.4, -0.2) is 17.1 Å². The predicted octanol–water partition coefficient (Wildman–Crippen LogP) is 3.99. The van der Waals surface area contributed by atoms with Crippen molar-refractivity contribution in [2.75, 3.05) is 11.9 Å². The smallest absolute Gasteiger partial charge is 0.0931 e. The summed E-state index contributed by atoms with van der Waals surface area (Å²) in [4.78, 5) is 6.38. The van der Waals surface area contributed by atoms with Crippen molar-refractivity contribution in [3.63, 3.8) is 0 Å². The minimum absolute atomic E-state index is 0.142. The molecule has 1 aromatic heterocycles. The lowest BCUT2D eigenvalue weighted by molar-refractivity contribution is 0.194. The van der Waals surface area contributed by atoms with Crippen LogP contribution >= 0.6 is 11.6 Å². The molecule has 0 radical (unpaired) electrons. The van der Waals surface area contributed by atoms with Crippen molar-refractivity contribution in [3.8, 4) is 0 Å². The van der Waals surface area contributed by atoms with Crippen LogP contribution in [0.15, 0.2) is 42.6 Å². The van der Waals surface area contributed by atoms with E-state index >= 15 is 0 Å². The van der Waals surface area contributed by atoms with Crippen LogP contribution in [0.2, 0.25) is 5.02 Å². The molecule has 0 fully saturated rings. The highest BCUT2D eigenvalue weighted by Gasteiger charge is 2.15. The van der Waals surface area contributed by atoms with E-state index in [2.05, 4.69) is 16.8 Å². The van der Waals surface area contributed by atoms with Gasteiger partial charge < -0.3 is 10.0 Å². The van der Waals surface area contributed by atoms with Gasteiger partial charge in [-0.2, -0.15) is 0 Å². The van der Waals surface area contributed by atoms with Crippen LogP contribution in [0.5, 0.6) is 0 Å². The fraction of sp³-hybridized carbons (Fsp3) is 0.312. The van der Waals surface area contributed by atoms with E-state index < -0.39 is 6.10 Å². The zero-order chi connectivity index (χ0) is 14.7. The van der Waals surface area contributed by atoms with Gasteiger partial charge in [-0.1, -0.05) is 29.8 Å². The van der Waals surface area contributed by atoms with E-state index in [0.717, 1.165) is 16.3 Å². The highest BCUT2D eigenvalue weighted by Crippen LogP contribution is 2.29. The fourth-order valence-corrected chi connectivity index (χ4v) is 2.39. The zero-order valence-electron chi connectivity index (χ0n) is 11.9. The Bertz CT molecular complexity index is 569. The zero-order valence-corrected chi connectivity index (χ0v) is 12.7. The Labute approximate surface area is 124 Å². The van der Waals surface area contributed by atoms with Crippen LogP contribution in [0.4, 0.5) is 5.69 Å². The maximum Gasteiger partial charge on any atom is 0.0931 e. The van der Waals surface area contributed by atoms with Crippen LogP contribution in [-0.2, 0) is 0 Å². The molecule has 0 bridgehead atoms. The molecule has 1 N–H and O–H groups in total. The van der Waals surface area contributed by atoms with Gasteiger partial charge in [0.2, 0.25) is 0 Å². The first-order valence-corrected chi connectivity index (χ1v) is 6.99. The molecule has 2 atom stereocenters. The van der Waals surface area contributed by atoms with Gasteiger partial charge in [-0.3, -0.25) is 4.98 Å². The minimum Gasteiger partial charge on any atom is -0.387 e. The van der Waals surface area contributed by atoms with Crippen LogP contribution < -0.4 is 4.90 Å². The van der Waals surface area contributed by atoms with Gasteiger partial charge in [-0.15, -0.1) is 0 Å². The van der Waals surface area contributed by atoms with E-state index in [9.17, 15) is 5.11 Å². The second kappa shape index (κ2) is 6.25. The quantitative estimate of drug-likeness (QED) is 0.925. The molecular weight excluding hydrogens is 272 g/mol. The lowest BCUT2D eigenvalue weighted by Crippen LogP contribution is -2.22. The maximum atomic E-state index is 9.48. The topological polar surface area (TPSA) is 36.4 Å². The van der Waals surface area contributed by atoms with E-state index in [4.69, 9.17) is 11.6 Å². The molecule has 1 unspecified atom stereocenters. The first-order valence-electron chi connectivity index (χ1n) is 6.62. The molecular formula is C16H19ClN2O. The van der Waals surface area contributed by atoms with Gasteiger partial charge >= 0.3 is 0 Å². The molecule has 0 saturated carbocycles. The number of aliphatic hydroxyl groups is 1. The number of halogens is 1. The third-order valence-corrected chi connectivity index (χ3v) is 3.89. The molecule has 3 nitrogen and oxygen atoms in total. The Kier molecular flexibility index (Phi) is 4.63. The van der Waals surface area contributed by atoms with Crippen molar-refractivity contribution in [3.05, 3.63) is 58.9 Å². The van der Waals surface area contributed by atoms with Gasteiger partial charge in [-0.05, 0) is 37.6 Å². The highest BCUT2D eigenvalue weighted by atomic mass is 35.5. The second-order valence-corrected chi connectivity index (χ2v) is 5.33. The summed E-state index contributed by atoms with van der Waals surface area (Å²) in [5.74, 6) is 0. The molecule has 2 rings (SSSR count). The van der Waals surface area contributed by atoms with Crippen molar-refractivity contribution in [2.24, 2.45) is 0 Å². The van der Waals surface area contributed by atoms with Crippen molar-refractivity contribution in [1.29, 1.82) is 0 Å². The summed E-state index contributed by atoms with van der Waals surface area (Å²) in [6.45, 7) is 3.81. The summed E-state index contributed by atoms with van der Waals surface area (Å²) in [5, 5.41) is 10.2. The number of aliphatic hydroxyl groups excluding tert-OH is 1. The molecule has 0 saturated heterocycles. The van der Waals surface area contributed by atoms with Crippen LogP contribution in [0.3, 0.4) is 0 Å². The Balaban J connectivity index is 2.22. The largest absolute Gasteiger partial charge is 0.387 e. The van der Waals surface area contributed by atoms with Crippen molar-refractivity contribution >= 4 is 17.3 Å². The molecule has 0 aliphatic carbocycles. The molecule has 0 spiro atoms. The molecule has 106 valence electrons. The number of hydrogen-bond donors (Lipinski definition) is 1. The number of aromatic nitrogens is 1. The second-order valence-electron chi connectivity index (χ2n) is 4.93. The third kappa shape index (κ3) is 3.11. The number of benzene rings is 1. The van der Waals surface area contributed by atoms with Crippen LogP contribution in [0, 0.1) is 0 Å². The SMILES string of the molecule is CC(c1ccccc1Cl)N(C)c1ccc([C@H](C)O)nc1. The summed E-state index contributed by atoms with van der Waals surface area (Å²) >= 11 is 6.24. The van der Waals surface area contributed by atoms with Gasteiger partial charge in [-0.25, -0.2) is 0 Å². The van der Waals surface area contributed by atoms with E-state index in [-0.39, 0.29) is 6.04 Å². The molecule has 0 amide bonds. The molecule has 4 heteroatoms. The number of anilines is 1. The lowest BCUT2D eigenvalue weighted by Gasteiger charge is -2.28. The number of hydrogen-bond acceptors (Lipinski definition) is 3. The molecule has 1 aromatic carbocycles. The monoisotopic (exact) mass is 290 g/mol. The summed E-state index contributed by atoms with van der Waals surface area (Å²) in [6.07, 6.45) is 1.23.